The van der Waals surface area contributed by atoms with Crippen molar-refractivity contribution < 1.29 is 0 Å². The third kappa shape index (κ3) is 3.67. The minimum atomic E-state index is 1.08. The zero-order valence-corrected chi connectivity index (χ0v) is 14.7. The number of halogens is 2. The van der Waals surface area contributed by atoms with E-state index in [0.717, 1.165) is 13.1 Å². The minimum absolute atomic E-state index is 1.08. The van der Waals surface area contributed by atoms with E-state index in [0.29, 0.717) is 0 Å². The molecule has 0 spiro atoms. The summed E-state index contributed by atoms with van der Waals surface area (Å²) in [5.74, 6) is 0. The summed E-state index contributed by atoms with van der Waals surface area (Å²) in [6, 6.07) is 8.80. The molecule has 1 heterocycles. The lowest BCUT2D eigenvalue weighted by molar-refractivity contribution is 0.712. The van der Waals surface area contributed by atoms with Gasteiger partial charge in [0.15, 0.2) is 0 Å². The highest BCUT2D eigenvalue weighted by Crippen LogP contribution is 2.35. The smallest absolute Gasteiger partial charge is 0.0211 e. The third-order valence-corrected chi connectivity index (χ3v) is 3.08. The van der Waals surface area contributed by atoms with Crippen LogP contribution in [0.1, 0.15) is 31.4 Å². The molecule has 17 heavy (non-hydrogen) atoms. The van der Waals surface area contributed by atoms with Crippen LogP contribution in [0.3, 0.4) is 0 Å². The maximum Gasteiger partial charge on any atom is 0.0211 e. The van der Waals surface area contributed by atoms with Crippen molar-refractivity contribution in [1.29, 1.82) is 0 Å². The van der Waals surface area contributed by atoms with Gasteiger partial charge in [-0.25, -0.2) is 0 Å². The van der Waals surface area contributed by atoms with Gasteiger partial charge in [0.2, 0.25) is 0 Å². The van der Waals surface area contributed by atoms with Gasteiger partial charge in [0.1, 0.15) is 0 Å². The molecule has 1 aromatic carbocycles. The van der Waals surface area contributed by atoms with Crippen LogP contribution in [-0.2, 0) is 6.42 Å². The minimum Gasteiger partial charge on any atom is -0.312 e. The Bertz CT molecular complexity index is 386. The second-order valence-electron chi connectivity index (χ2n) is 3.84. The number of rotatable bonds is 0. The fourth-order valence-electron chi connectivity index (χ4n) is 2.41. The van der Waals surface area contributed by atoms with Crippen LogP contribution in [0.4, 0.5) is 0 Å². The molecule has 0 atom stereocenters. The van der Waals surface area contributed by atoms with Crippen LogP contribution in [0.5, 0.6) is 0 Å². The molecule has 1 aromatic rings. The Balaban J connectivity index is 0.000000330. The molecular formula is C14H19I2N. The van der Waals surface area contributed by atoms with E-state index in [-0.39, 0.29) is 0 Å². The topological polar surface area (TPSA) is 12.0 Å². The molecular weight excluding hydrogens is 436 g/mol. The Labute approximate surface area is 128 Å². The molecule has 0 bridgehead atoms. The van der Waals surface area contributed by atoms with Crippen molar-refractivity contribution in [3.8, 4) is 0 Å². The molecule has 0 saturated carbocycles. The highest BCUT2D eigenvalue weighted by molar-refractivity contribution is 15.0. The normalized spacial score (nSPS) is 16.0. The van der Waals surface area contributed by atoms with Crippen molar-refractivity contribution in [2.24, 2.45) is 0 Å². The van der Waals surface area contributed by atoms with Crippen LogP contribution in [0.2, 0.25) is 0 Å². The molecule has 1 nitrogen and oxygen atoms in total. The molecule has 0 amide bonds. The quantitative estimate of drug-likeness (QED) is 0.556. The van der Waals surface area contributed by atoms with E-state index in [1.807, 2.05) is 13.8 Å². The fourth-order valence-corrected chi connectivity index (χ4v) is 2.41. The van der Waals surface area contributed by atoms with Gasteiger partial charge in [-0.05, 0) is 36.1 Å². The Morgan fingerprint density at radius 2 is 1.82 bits per heavy atom. The van der Waals surface area contributed by atoms with Crippen LogP contribution in [-0.4, -0.2) is 13.1 Å². The Morgan fingerprint density at radius 1 is 1.12 bits per heavy atom. The van der Waals surface area contributed by atoms with Gasteiger partial charge < -0.3 is 5.32 Å². The van der Waals surface area contributed by atoms with Gasteiger partial charge in [0, 0.05) is 43.8 Å². The summed E-state index contributed by atoms with van der Waals surface area (Å²) in [6.45, 7) is 6.24. The zero-order valence-electron chi connectivity index (χ0n) is 10.4. The van der Waals surface area contributed by atoms with Crippen molar-refractivity contribution in [3.63, 3.8) is 0 Å². The molecule has 1 aliphatic carbocycles. The largest absolute Gasteiger partial charge is 0.312 e. The highest BCUT2D eigenvalue weighted by Gasteiger charge is 2.22. The van der Waals surface area contributed by atoms with E-state index < -0.39 is 0 Å². The molecule has 1 aliphatic heterocycles. The van der Waals surface area contributed by atoms with E-state index in [9.17, 15) is 0 Å². The number of hydrogen-bond acceptors (Lipinski definition) is 1. The van der Waals surface area contributed by atoms with E-state index in [1.165, 1.54) is 24.0 Å². The number of fused-ring (bicyclic) bond motifs is 2. The van der Waals surface area contributed by atoms with Gasteiger partial charge in [-0.15, -0.1) is 0 Å². The van der Waals surface area contributed by atoms with Crippen molar-refractivity contribution in [2.45, 2.75) is 26.7 Å². The summed E-state index contributed by atoms with van der Waals surface area (Å²) in [4.78, 5) is 0. The first-order valence-electron chi connectivity index (χ1n) is 6.09. The van der Waals surface area contributed by atoms with E-state index in [1.54, 1.807) is 11.1 Å². The zero-order chi connectivity index (χ0) is 12.7. The average molecular weight is 455 g/mol. The summed E-state index contributed by atoms with van der Waals surface area (Å²) in [5.41, 5.74) is 6.25. The molecule has 3 rings (SSSR count). The predicted octanol–water partition coefficient (Wildman–Crippen LogP) is 4.79. The highest BCUT2D eigenvalue weighted by atomic mass is 128. The van der Waals surface area contributed by atoms with E-state index in [2.05, 4.69) is 66.8 Å². The lowest BCUT2D eigenvalue weighted by atomic mass is 10.0. The predicted molar refractivity (Wildman–Crippen MR) is 93.9 cm³/mol. The first kappa shape index (κ1) is 15.4. The van der Waals surface area contributed by atoms with Crippen LogP contribution < -0.4 is 5.32 Å². The van der Waals surface area contributed by atoms with Crippen molar-refractivity contribution in [2.75, 3.05) is 13.1 Å². The maximum atomic E-state index is 3.44. The van der Waals surface area contributed by atoms with Gasteiger partial charge in [0.25, 0.3) is 0 Å². The standard InChI is InChI=1S/C12H13N.C2H6.I2/c1-2-4-11-9(3-1)7-10-5-6-13-8-12(10)11;2*1-2/h1-4,13H,5-8H2;1-2H3;. The Morgan fingerprint density at radius 3 is 2.59 bits per heavy atom. The molecule has 0 fully saturated rings. The first-order chi connectivity index (χ1) is 8.45. The van der Waals surface area contributed by atoms with Gasteiger partial charge in [0.05, 0.1) is 0 Å². The number of nitrogens with one attached hydrogen (secondary N) is 1. The second kappa shape index (κ2) is 8.48. The summed E-state index contributed by atoms with van der Waals surface area (Å²) < 4.78 is 0. The number of hydrogen-bond donors (Lipinski definition) is 1. The first-order valence-corrected chi connectivity index (χ1v) is 12.4. The third-order valence-electron chi connectivity index (χ3n) is 3.08. The molecule has 0 radical (unpaired) electrons. The van der Waals surface area contributed by atoms with E-state index in [4.69, 9.17) is 0 Å². The molecule has 2 aliphatic rings. The molecule has 0 unspecified atom stereocenters. The second-order valence-corrected chi connectivity index (χ2v) is 3.84. The van der Waals surface area contributed by atoms with Crippen molar-refractivity contribution in [1.82, 2.24) is 5.32 Å². The van der Waals surface area contributed by atoms with E-state index >= 15 is 0 Å². The Kier molecular flexibility index (Phi) is 7.70. The van der Waals surface area contributed by atoms with Crippen LogP contribution >= 0.6 is 37.2 Å². The maximum absolute atomic E-state index is 3.44. The summed E-state index contributed by atoms with van der Waals surface area (Å²) in [5, 5.41) is 3.44. The van der Waals surface area contributed by atoms with Gasteiger partial charge in [-0.1, -0.05) is 43.7 Å². The lowest BCUT2D eigenvalue weighted by Crippen LogP contribution is -2.22. The van der Waals surface area contributed by atoms with Crippen molar-refractivity contribution in [3.05, 3.63) is 41.0 Å². The summed E-state index contributed by atoms with van der Waals surface area (Å²) in [6.07, 6.45) is 2.44. The van der Waals surface area contributed by atoms with Gasteiger partial charge in [-0.2, -0.15) is 0 Å². The molecule has 0 saturated heterocycles. The van der Waals surface area contributed by atoms with Crippen LogP contribution in [0, 0.1) is 0 Å². The monoisotopic (exact) mass is 455 g/mol. The van der Waals surface area contributed by atoms with Crippen LogP contribution in [0.15, 0.2) is 29.8 Å². The summed E-state index contributed by atoms with van der Waals surface area (Å²) in [7, 11) is 0. The SMILES string of the molecule is CC.II.c1ccc2c(c1)CC1=C2CNCC1. The van der Waals surface area contributed by atoms with Crippen LogP contribution in [0.25, 0.3) is 5.57 Å². The lowest BCUT2D eigenvalue weighted by Gasteiger charge is -2.15. The molecule has 3 heteroatoms. The molecule has 0 aromatic heterocycles. The Hall–Kier alpha value is 0.380. The van der Waals surface area contributed by atoms with Crippen molar-refractivity contribution >= 4 is 42.8 Å². The number of benzene rings is 1. The average Bonchev–Trinajstić information content (AvgIpc) is 2.82. The fraction of sp³-hybridized carbons (Fsp3) is 0.429. The van der Waals surface area contributed by atoms with Gasteiger partial charge >= 0.3 is 0 Å². The van der Waals surface area contributed by atoms with Gasteiger partial charge in [-0.3, -0.25) is 0 Å². The molecule has 94 valence electrons. The summed E-state index contributed by atoms with van der Waals surface area (Å²) >= 11 is 4.24. The molecule has 1 N–H and O–H groups in total.